The van der Waals surface area contributed by atoms with Gasteiger partial charge in [-0.05, 0) is 18.4 Å². The minimum atomic E-state index is -1.32. The standard InChI is InChI=1S/C11H14O4S/c1-14-7-5-4-6-8(16-3)9(7)10(12)11(13)15-2/h4-6,10,12H,1-3H3. The van der Waals surface area contributed by atoms with Crippen LogP contribution in [0.5, 0.6) is 5.75 Å². The number of esters is 1. The SMILES string of the molecule is COC(=O)C(O)c1c(OC)cccc1SC. The first kappa shape index (κ1) is 12.9. The van der Waals surface area contributed by atoms with Crippen LogP contribution >= 0.6 is 11.8 Å². The van der Waals surface area contributed by atoms with E-state index in [0.717, 1.165) is 4.90 Å². The molecule has 0 radical (unpaired) electrons. The number of aliphatic hydroxyl groups is 1. The predicted molar refractivity (Wildman–Crippen MR) is 61.8 cm³/mol. The van der Waals surface area contributed by atoms with Gasteiger partial charge in [0.2, 0.25) is 0 Å². The number of carbonyl (C=O) groups is 1. The zero-order chi connectivity index (χ0) is 12.1. The summed E-state index contributed by atoms with van der Waals surface area (Å²) < 4.78 is 9.63. The van der Waals surface area contributed by atoms with Crippen LogP contribution in [0.25, 0.3) is 0 Å². The van der Waals surface area contributed by atoms with Gasteiger partial charge in [0.25, 0.3) is 0 Å². The Morgan fingerprint density at radius 3 is 2.62 bits per heavy atom. The normalized spacial score (nSPS) is 12.0. The van der Waals surface area contributed by atoms with Crippen molar-refractivity contribution in [1.29, 1.82) is 0 Å². The Morgan fingerprint density at radius 1 is 1.44 bits per heavy atom. The molecule has 1 unspecified atom stereocenters. The van der Waals surface area contributed by atoms with Crippen LogP contribution < -0.4 is 4.74 Å². The largest absolute Gasteiger partial charge is 0.496 e. The monoisotopic (exact) mass is 242 g/mol. The van der Waals surface area contributed by atoms with Crippen molar-refractivity contribution in [1.82, 2.24) is 0 Å². The molecule has 88 valence electrons. The lowest BCUT2D eigenvalue weighted by atomic mass is 10.1. The van der Waals surface area contributed by atoms with E-state index < -0.39 is 12.1 Å². The van der Waals surface area contributed by atoms with Gasteiger partial charge in [-0.3, -0.25) is 0 Å². The van der Waals surface area contributed by atoms with Gasteiger partial charge >= 0.3 is 5.97 Å². The average molecular weight is 242 g/mol. The highest BCUT2D eigenvalue weighted by atomic mass is 32.2. The van der Waals surface area contributed by atoms with Crippen molar-refractivity contribution in [2.24, 2.45) is 0 Å². The predicted octanol–water partition coefficient (Wildman–Crippen LogP) is 1.62. The lowest BCUT2D eigenvalue weighted by Crippen LogP contribution is -2.15. The number of rotatable bonds is 4. The fourth-order valence-corrected chi connectivity index (χ4v) is 2.03. The van der Waals surface area contributed by atoms with Crippen molar-refractivity contribution < 1.29 is 19.4 Å². The van der Waals surface area contributed by atoms with Gasteiger partial charge in [-0.15, -0.1) is 11.8 Å². The van der Waals surface area contributed by atoms with Gasteiger partial charge in [-0.25, -0.2) is 4.79 Å². The summed E-state index contributed by atoms with van der Waals surface area (Å²) >= 11 is 1.43. The smallest absolute Gasteiger partial charge is 0.339 e. The number of hydrogen-bond donors (Lipinski definition) is 1. The fraction of sp³-hybridized carbons (Fsp3) is 0.364. The van der Waals surface area contributed by atoms with Gasteiger partial charge < -0.3 is 14.6 Å². The molecule has 0 aliphatic heterocycles. The molecule has 1 N–H and O–H groups in total. The second-order valence-corrected chi connectivity index (χ2v) is 3.85. The summed E-state index contributed by atoms with van der Waals surface area (Å²) in [7, 11) is 2.73. The molecule has 0 heterocycles. The van der Waals surface area contributed by atoms with Crippen molar-refractivity contribution in [3.8, 4) is 5.75 Å². The lowest BCUT2D eigenvalue weighted by Gasteiger charge is -2.16. The van der Waals surface area contributed by atoms with Crippen molar-refractivity contribution in [3.63, 3.8) is 0 Å². The molecule has 0 bridgehead atoms. The van der Waals surface area contributed by atoms with E-state index in [1.165, 1.54) is 26.0 Å². The molecule has 0 amide bonds. The molecule has 0 fully saturated rings. The zero-order valence-electron chi connectivity index (χ0n) is 9.39. The second kappa shape index (κ2) is 5.77. The Morgan fingerprint density at radius 2 is 2.12 bits per heavy atom. The number of aliphatic hydroxyl groups excluding tert-OH is 1. The van der Waals surface area contributed by atoms with E-state index in [1.807, 2.05) is 12.3 Å². The Kier molecular flexibility index (Phi) is 4.64. The maximum Gasteiger partial charge on any atom is 0.339 e. The lowest BCUT2D eigenvalue weighted by molar-refractivity contribution is -0.150. The zero-order valence-corrected chi connectivity index (χ0v) is 10.2. The molecule has 0 aliphatic rings. The molecule has 1 atom stereocenters. The number of hydrogen-bond acceptors (Lipinski definition) is 5. The van der Waals surface area contributed by atoms with Crippen molar-refractivity contribution in [3.05, 3.63) is 23.8 Å². The Hall–Kier alpha value is -1.20. The molecule has 0 saturated heterocycles. The Labute approximate surface area is 98.6 Å². The van der Waals surface area contributed by atoms with Crippen molar-refractivity contribution in [2.45, 2.75) is 11.0 Å². The summed E-state index contributed by atoms with van der Waals surface area (Å²) in [5.74, 6) is -0.218. The van der Waals surface area contributed by atoms with Crippen LogP contribution in [-0.2, 0) is 9.53 Å². The first-order valence-corrected chi connectivity index (χ1v) is 5.85. The van der Waals surface area contributed by atoms with Crippen molar-refractivity contribution in [2.75, 3.05) is 20.5 Å². The van der Waals surface area contributed by atoms with Crippen molar-refractivity contribution >= 4 is 17.7 Å². The van der Waals surface area contributed by atoms with Gasteiger partial charge in [0.1, 0.15) is 5.75 Å². The van der Waals surface area contributed by atoms with Crippen LogP contribution in [0.15, 0.2) is 23.1 Å². The summed E-state index contributed by atoms with van der Waals surface area (Å²) in [6.07, 6.45) is 0.547. The van der Waals surface area contributed by atoms with Gasteiger partial charge in [-0.2, -0.15) is 0 Å². The first-order chi connectivity index (χ1) is 7.65. The van der Waals surface area contributed by atoms with E-state index in [0.29, 0.717) is 11.3 Å². The number of ether oxygens (including phenoxy) is 2. The van der Waals surface area contributed by atoms with Gasteiger partial charge in [-0.1, -0.05) is 6.07 Å². The third kappa shape index (κ3) is 2.48. The Balaban J connectivity index is 3.22. The third-order valence-electron chi connectivity index (χ3n) is 2.16. The van der Waals surface area contributed by atoms with Crippen LogP contribution in [0.2, 0.25) is 0 Å². The minimum Gasteiger partial charge on any atom is -0.496 e. The van der Waals surface area contributed by atoms with Crippen LogP contribution in [0.4, 0.5) is 0 Å². The molecule has 1 aromatic carbocycles. The molecular formula is C11H14O4S. The van der Waals surface area contributed by atoms with Gasteiger partial charge in [0, 0.05) is 10.5 Å². The summed E-state index contributed by atoms with van der Waals surface area (Å²) in [5.41, 5.74) is 0.448. The molecular weight excluding hydrogens is 228 g/mol. The molecule has 1 aromatic rings. The molecule has 0 saturated carbocycles. The van der Waals surface area contributed by atoms with Crippen LogP contribution in [0.3, 0.4) is 0 Å². The van der Waals surface area contributed by atoms with Gasteiger partial charge in [0.05, 0.1) is 14.2 Å². The molecule has 0 aliphatic carbocycles. The Bertz CT molecular complexity index is 356. The van der Waals surface area contributed by atoms with Crippen LogP contribution in [0, 0.1) is 0 Å². The second-order valence-electron chi connectivity index (χ2n) is 3.00. The topological polar surface area (TPSA) is 55.8 Å². The van der Waals surface area contributed by atoms with E-state index in [1.54, 1.807) is 12.1 Å². The van der Waals surface area contributed by atoms with Crippen LogP contribution in [0.1, 0.15) is 11.7 Å². The first-order valence-electron chi connectivity index (χ1n) is 4.62. The summed E-state index contributed by atoms with van der Waals surface area (Å²) in [4.78, 5) is 12.1. The third-order valence-corrected chi connectivity index (χ3v) is 2.96. The van der Waals surface area contributed by atoms with E-state index in [2.05, 4.69) is 4.74 Å². The van der Waals surface area contributed by atoms with E-state index in [9.17, 15) is 9.90 Å². The maximum atomic E-state index is 11.3. The van der Waals surface area contributed by atoms with E-state index in [-0.39, 0.29) is 0 Å². The highest BCUT2D eigenvalue weighted by molar-refractivity contribution is 7.98. The molecule has 5 heteroatoms. The maximum absolute atomic E-state index is 11.3. The molecule has 4 nitrogen and oxygen atoms in total. The average Bonchev–Trinajstić information content (AvgIpc) is 2.35. The summed E-state index contributed by atoms with van der Waals surface area (Å²) in [6, 6.07) is 5.31. The van der Waals surface area contributed by atoms with E-state index >= 15 is 0 Å². The molecule has 1 rings (SSSR count). The fourth-order valence-electron chi connectivity index (χ4n) is 1.38. The summed E-state index contributed by atoms with van der Waals surface area (Å²) in [5, 5.41) is 9.85. The van der Waals surface area contributed by atoms with Crippen LogP contribution in [-0.4, -0.2) is 31.6 Å². The number of benzene rings is 1. The minimum absolute atomic E-state index is 0.448. The van der Waals surface area contributed by atoms with Gasteiger partial charge in [0.15, 0.2) is 6.10 Å². The number of thioether (sulfide) groups is 1. The highest BCUT2D eigenvalue weighted by Gasteiger charge is 2.24. The highest BCUT2D eigenvalue weighted by Crippen LogP contribution is 2.34. The summed E-state index contributed by atoms with van der Waals surface area (Å²) in [6.45, 7) is 0. The molecule has 0 spiro atoms. The quantitative estimate of drug-likeness (QED) is 0.642. The molecule has 0 aromatic heterocycles. The number of carbonyl (C=O) groups excluding carboxylic acids is 1. The molecule has 16 heavy (non-hydrogen) atoms. The number of methoxy groups -OCH3 is 2. The van der Waals surface area contributed by atoms with E-state index in [4.69, 9.17) is 4.74 Å².